The molecule has 1 aliphatic rings. The second-order valence-electron chi connectivity index (χ2n) is 5.15. The van der Waals surface area contributed by atoms with Crippen molar-refractivity contribution in [2.75, 3.05) is 5.32 Å². The highest BCUT2D eigenvalue weighted by molar-refractivity contribution is 5.90. The zero-order valence-electron chi connectivity index (χ0n) is 15.4. The molecule has 0 saturated carbocycles. The highest BCUT2D eigenvalue weighted by Crippen LogP contribution is 2.24. The number of benzene rings is 1. The van der Waals surface area contributed by atoms with Gasteiger partial charge in [0.05, 0.1) is 5.69 Å². The van der Waals surface area contributed by atoms with Gasteiger partial charge in [0.1, 0.15) is 5.76 Å². The molecule has 0 aliphatic heterocycles. The van der Waals surface area contributed by atoms with Gasteiger partial charge in [0.15, 0.2) is 0 Å². The molecule has 24 heavy (non-hydrogen) atoms. The van der Waals surface area contributed by atoms with Crippen molar-refractivity contribution in [2.45, 2.75) is 66.2 Å². The third-order valence-corrected chi connectivity index (χ3v) is 3.68. The number of rotatable bonds is 4. The highest BCUT2D eigenvalue weighted by Gasteiger charge is 2.19. The molecule has 4 heteroatoms. The van der Waals surface area contributed by atoms with Crippen LogP contribution in [0.5, 0.6) is 0 Å². The van der Waals surface area contributed by atoms with Crippen LogP contribution in [0.2, 0.25) is 0 Å². The second-order valence-corrected chi connectivity index (χ2v) is 5.15. The molecule has 1 heterocycles. The minimum absolute atomic E-state index is 0.0174. The molecule has 0 bridgehead atoms. The van der Waals surface area contributed by atoms with Gasteiger partial charge in [-0.15, -0.1) is 0 Å². The Morgan fingerprint density at radius 2 is 1.75 bits per heavy atom. The van der Waals surface area contributed by atoms with Gasteiger partial charge in [-0.2, -0.15) is 0 Å². The molecule has 1 aliphatic carbocycles. The number of fused-ring (bicyclic) bond motifs is 1. The summed E-state index contributed by atoms with van der Waals surface area (Å²) < 4.78 is 5.36. The Balaban J connectivity index is 0.000000671. The lowest BCUT2D eigenvalue weighted by Gasteiger charge is -2.09. The smallest absolute Gasteiger partial charge is 0.224 e. The molecule has 132 valence electrons. The van der Waals surface area contributed by atoms with Crippen molar-refractivity contribution in [2.24, 2.45) is 0 Å². The van der Waals surface area contributed by atoms with Crippen LogP contribution in [-0.4, -0.2) is 11.1 Å². The lowest BCUT2D eigenvalue weighted by atomic mass is 9.95. The van der Waals surface area contributed by atoms with Crippen LogP contribution in [0.3, 0.4) is 0 Å². The first-order valence-corrected chi connectivity index (χ1v) is 9.14. The van der Waals surface area contributed by atoms with E-state index in [4.69, 9.17) is 4.52 Å². The molecule has 4 nitrogen and oxygen atoms in total. The van der Waals surface area contributed by atoms with Gasteiger partial charge in [-0.3, -0.25) is 4.79 Å². The minimum atomic E-state index is 0.0174. The first kappa shape index (κ1) is 19.9. The number of carbonyl (C=O) groups excluding carboxylic acids is 1. The van der Waals surface area contributed by atoms with Gasteiger partial charge in [-0.25, -0.2) is 0 Å². The van der Waals surface area contributed by atoms with Crippen molar-refractivity contribution in [3.8, 4) is 0 Å². The molecular formula is C20H30N2O2. The summed E-state index contributed by atoms with van der Waals surface area (Å²) in [5.74, 6) is 1.04. The maximum absolute atomic E-state index is 11.9. The van der Waals surface area contributed by atoms with Crippen LogP contribution >= 0.6 is 0 Å². The molecule has 0 fully saturated rings. The van der Waals surface area contributed by atoms with E-state index >= 15 is 0 Å². The van der Waals surface area contributed by atoms with Gasteiger partial charge in [0.25, 0.3) is 0 Å². The molecule has 0 radical (unpaired) electrons. The van der Waals surface area contributed by atoms with E-state index in [1.165, 1.54) is 18.4 Å². The van der Waals surface area contributed by atoms with E-state index in [1.807, 2.05) is 58.0 Å². The zero-order valence-corrected chi connectivity index (χ0v) is 15.4. The fraction of sp³-hybridized carbons (Fsp3) is 0.500. The summed E-state index contributed by atoms with van der Waals surface area (Å²) in [6, 6.07) is 9.51. The van der Waals surface area contributed by atoms with Crippen LogP contribution < -0.4 is 5.32 Å². The summed E-state index contributed by atoms with van der Waals surface area (Å²) in [4.78, 5) is 11.9. The third-order valence-electron chi connectivity index (χ3n) is 3.68. The first-order valence-electron chi connectivity index (χ1n) is 9.14. The number of hydrogen-bond acceptors (Lipinski definition) is 3. The monoisotopic (exact) mass is 330 g/mol. The van der Waals surface area contributed by atoms with Gasteiger partial charge in [0, 0.05) is 30.5 Å². The Morgan fingerprint density at radius 3 is 2.46 bits per heavy atom. The zero-order chi connectivity index (χ0) is 17.8. The highest BCUT2D eigenvalue weighted by atomic mass is 16.5. The van der Waals surface area contributed by atoms with Crippen molar-refractivity contribution in [1.29, 1.82) is 0 Å². The van der Waals surface area contributed by atoms with Crippen molar-refractivity contribution in [3.63, 3.8) is 0 Å². The van der Waals surface area contributed by atoms with E-state index in [9.17, 15) is 4.79 Å². The second kappa shape index (κ2) is 11.4. The summed E-state index contributed by atoms with van der Waals surface area (Å²) in [6.07, 6.45) is 5.48. The Labute approximate surface area is 145 Å². The van der Waals surface area contributed by atoms with Gasteiger partial charge in [-0.1, -0.05) is 51.1 Å². The Kier molecular flexibility index (Phi) is 9.51. The van der Waals surface area contributed by atoms with E-state index in [1.54, 1.807) is 0 Å². The average molecular weight is 330 g/mol. The Bertz CT molecular complexity index is 591. The fourth-order valence-electron chi connectivity index (χ4n) is 2.62. The maximum Gasteiger partial charge on any atom is 0.224 e. The van der Waals surface area contributed by atoms with E-state index in [2.05, 4.69) is 10.5 Å². The number of para-hydroxylation sites is 1. The SMILES string of the molecule is CC.CC.O=C(CCc1noc2c1CCCC2)Nc1ccccc1. The topological polar surface area (TPSA) is 55.1 Å². The molecule has 0 atom stereocenters. The molecule has 1 aromatic carbocycles. The van der Waals surface area contributed by atoms with E-state index < -0.39 is 0 Å². The van der Waals surface area contributed by atoms with Crippen LogP contribution in [0.15, 0.2) is 34.9 Å². The molecule has 2 aromatic rings. The van der Waals surface area contributed by atoms with E-state index in [0.29, 0.717) is 12.8 Å². The van der Waals surface area contributed by atoms with Crippen LogP contribution in [0.4, 0.5) is 5.69 Å². The average Bonchev–Trinajstić information content (AvgIpc) is 3.07. The number of nitrogens with zero attached hydrogens (tertiary/aromatic N) is 1. The summed E-state index contributed by atoms with van der Waals surface area (Å²) in [5.41, 5.74) is 3.03. The predicted molar refractivity (Wildman–Crippen MR) is 99.2 cm³/mol. The fourth-order valence-corrected chi connectivity index (χ4v) is 2.62. The van der Waals surface area contributed by atoms with Crippen LogP contribution in [0.1, 0.15) is 64.0 Å². The summed E-state index contributed by atoms with van der Waals surface area (Å²) in [5, 5.41) is 7.01. The van der Waals surface area contributed by atoms with Crippen molar-refractivity contribution in [1.82, 2.24) is 5.16 Å². The number of carbonyl (C=O) groups is 1. The van der Waals surface area contributed by atoms with E-state index in [0.717, 1.165) is 30.0 Å². The van der Waals surface area contributed by atoms with Crippen molar-refractivity contribution in [3.05, 3.63) is 47.3 Å². The van der Waals surface area contributed by atoms with Crippen LogP contribution in [0.25, 0.3) is 0 Å². The van der Waals surface area contributed by atoms with Crippen LogP contribution in [0, 0.1) is 0 Å². The molecule has 0 saturated heterocycles. The lowest BCUT2D eigenvalue weighted by molar-refractivity contribution is -0.116. The predicted octanol–water partition coefficient (Wildman–Crippen LogP) is 5.18. The molecule has 0 spiro atoms. The van der Waals surface area contributed by atoms with E-state index in [-0.39, 0.29) is 5.91 Å². The number of aryl methyl sites for hydroxylation is 2. The summed E-state index contributed by atoms with van der Waals surface area (Å²) in [6.45, 7) is 8.00. The van der Waals surface area contributed by atoms with Crippen LogP contribution in [-0.2, 0) is 24.1 Å². The van der Waals surface area contributed by atoms with Gasteiger partial charge in [0.2, 0.25) is 5.91 Å². The molecule has 3 rings (SSSR count). The number of nitrogens with one attached hydrogen (secondary N) is 1. The lowest BCUT2D eigenvalue weighted by Crippen LogP contribution is -2.13. The number of hydrogen-bond donors (Lipinski definition) is 1. The molecule has 1 N–H and O–H groups in total. The largest absolute Gasteiger partial charge is 0.361 e. The number of amides is 1. The number of aromatic nitrogens is 1. The molecular weight excluding hydrogens is 300 g/mol. The minimum Gasteiger partial charge on any atom is -0.361 e. The molecule has 1 aromatic heterocycles. The molecule has 0 unspecified atom stereocenters. The van der Waals surface area contributed by atoms with Gasteiger partial charge >= 0.3 is 0 Å². The van der Waals surface area contributed by atoms with Crippen molar-refractivity contribution >= 4 is 11.6 Å². The van der Waals surface area contributed by atoms with Crippen molar-refractivity contribution < 1.29 is 9.32 Å². The third kappa shape index (κ3) is 5.84. The Hall–Kier alpha value is -2.10. The first-order chi connectivity index (χ1) is 11.8. The quantitative estimate of drug-likeness (QED) is 0.840. The normalized spacial score (nSPS) is 12.0. The summed E-state index contributed by atoms with van der Waals surface area (Å²) in [7, 11) is 0. The number of anilines is 1. The standard InChI is InChI=1S/C16H18N2O2.2C2H6/c19-16(17-12-6-2-1-3-7-12)11-10-14-13-8-4-5-9-15(13)20-18-14;2*1-2/h1-3,6-7H,4-5,8-11H2,(H,17,19);2*1-2H3. The Morgan fingerprint density at radius 1 is 1.08 bits per heavy atom. The maximum atomic E-state index is 11.9. The van der Waals surface area contributed by atoms with Gasteiger partial charge in [-0.05, 0) is 31.4 Å². The molecule has 1 amide bonds. The summed E-state index contributed by atoms with van der Waals surface area (Å²) >= 11 is 0. The van der Waals surface area contributed by atoms with Gasteiger partial charge < -0.3 is 9.84 Å².